The molecule has 0 saturated heterocycles. The van der Waals surface area contributed by atoms with Gasteiger partial charge in [-0.15, -0.1) is 0 Å². The van der Waals surface area contributed by atoms with Gasteiger partial charge in [0.25, 0.3) is 0 Å². The molecule has 0 aromatic heterocycles. The highest BCUT2D eigenvalue weighted by molar-refractivity contribution is 4.74. The highest BCUT2D eigenvalue weighted by Crippen LogP contribution is 2.29. The van der Waals surface area contributed by atoms with Crippen LogP contribution in [-0.4, -0.2) is 30.6 Å². The highest BCUT2D eigenvalue weighted by atomic mass is 15.1. The average molecular weight is 198 g/mol. The van der Waals surface area contributed by atoms with E-state index in [2.05, 4.69) is 25.8 Å². The first-order valence-corrected chi connectivity index (χ1v) is 5.95. The van der Waals surface area contributed by atoms with E-state index in [0.717, 1.165) is 18.9 Å². The van der Waals surface area contributed by atoms with Gasteiger partial charge in [-0.3, -0.25) is 0 Å². The van der Waals surface area contributed by atoms with Crippen molar-refractivity contribution in [3.05, 3.63) is 0 Å². The second kappa shape index (κ2) is 5.13. The lowest BCUT2D eigenvalue weighted by Gasteiger charge is -2.29. The molecule has 0 amide bonds. The van der Waals surface area contributed by atoms with E-state index < -0.39 is 0 Å². The summed E-state index contributed by atoms with van der Waals surface area (Å²) < 4.78 is 0. The number of hydrogen-bond donors (Lipinski definition) is 1. The van der Waals surface area contributed by atoms with E-state index in [1.54, 1.807) is 0 Å². The molecule has 1 fully saturated rings. The van der Waals surface area contributed by atoms with Gasteiger partial charge < -0.3 is 10.6 Å². The fraction of sp³-hybridized carbons (Fsp3) is 1.00. The van der Waals surface area contributed by atoms with Crippen LogP contribution in [-0.2, 0) is 0 Å². The van der Waals surface area contributed by atoms with Crippen molar-refractivity contribution in [2.45, 2.75) is 51.5 Å². The van der Waals surface area contributed by atoms with Crippen molar-refractivity contribution >= 4 is 0 Å². The Morgan fingerprint density at radius 2 is 1.93 bits per heavy atom. The molecule has 0 aromatic carbocycles. The van der Waals surface area contributed by atoms with Crippen molar-refractivity contribution in [3.63, 3.8) is 0 Å². The summed E-state index contributed by atoms with van der Waals surface area (Å²) in [6.45, 7) is 6.59. The first kappa shape index (κ1) is 12.0. The largest absolute Gasteiger partial charge is 0.326 e. The van der Waals surface area contributed by atoms with E-state index in [-0.39, 0.29) is 5.54 Å². The lowest BCUT2D eigenvalue weighted by atomic mass is 9.83. The molecule has 14 heavy (non-hydrogen) atoms. The number of hydrogen-bond acceptors (Lipinski definition) is 2. The van der Waals surface area contributed by atoms with Crippen LogP contribution in [0.15, 0.2) is 0 Å². The SMILES string of the molecule is CN(CCC1CCC1)CCC(C)(C)N. The maximum absolute atomic E-state index is 5.95. The Kier molecular flexibility index (Phi) is 4.39. The number of nitrogens with zero attached hydrogens (tertiary/aromatic N) is 1. The van der Waals surface area contributed by atoms with Gasteiger partial charge in [0, 0.05) is 5.54 Å². The molecule has 0 bridgehead atoms. The van der Waals surface area contributed by atoms with Crippen LogP contribution in [0, 0.1) is 5.92 Å². The minimum absolute atomic E-state index is 0.00920. The van der Waals surface area contributed by atoms with E-state index in [0.29, 0.717) is 0 Å². The third kappa shape index (κ3) is 4.97. The Balaban J connectivity index is 2.00. The van der Waals surface area contributed by atoms with Crippen molar-refractivity contribution < 1.29 is 0 Å². The topological polar surface area (TPSA) is 29.3 Å². The Hall–Kier alpha value is -0.0800. The van der Waals surface area contributed by atoms with Crippen LogP contribution < -0.4 is 5.73 Å². The van der Waals surface area contributed by atoms with E-state index in [4.69, 9.17) is 5.73 Å². The molecule has 2 N–H and O–H groups in total. The van der Waals surface area contributed by atoms with Gasteiger partial charge in [0.2, 0.25) is 0 Å². The summed E-state index contributed by atoms with van der Waals surface area (Å²) in [4.78, 5) is 2.42. The summed E-state index contributed by atoms with van der Waals surface area (Å²) in [5.41, 5.74) is 5.94. The summed E-state index contributed by atoms with van der Waals surface area (Å²) in [6, 6.07) is 0. The van der Waals surface area contributed by atoms with Gasteiger partial charge in [0.1, 0.15) is 0 Å². The third-order valence-electron chi connectivity index (χ3n) is 3.28. The molecule has 0 aromatic rings. The monoisotopic (exact) mass is 198 g/mol. The summed E-state index contributed by atoms with van der Waals surface area (Å²) in [6.07, 6.45) is 6.88. The second-order valence-corrected chi connectivity index (χ2v) is 5.63. The van der Waals surface area contributed by atoms with Crippen molar-refractivity contribution in [1.29, 1.82) is 0 Å². The zero-order valence-corrected chi connectivity index (χ0v) is 10.1. The minimum atomic E-state index is -0.00920. The van der Waals surface area contributed by atoms with Gasteiger partial charge >= 0.3 is 0 Å². The zero-order valence-electron chi connectivity index (χ0n) is 10.1. The van der Waals surface area contributed by atoms with Gasteiger partial charge in [0.05, 0.1) is 0 Å². The van der Waals surface area contributed by atoms with Crippen LogP contribution in [0.3, 0.4) is 0 Å². The van der Waals surface area contributed by atoms with Crippen molar-refractivity contribution in [3.8, 4) is 0 Å². The van der Waals surface area contributed by atoms with Crippen molar-refractivity contribution in [2.75, 3.05) is 20.1 Å². The van der Waals surface area contributed by atoms with Crippen LogP contribution in [0.1, 0.15) is 46.0 Å². The summed E-state index contributed by atoms with van der Waals surface area (Å²) in [7, 11) is 2.21. The third-order valence-corrected chi connectivity index (χ3v) is 3.28. The first-order chi connectivity index (χ1) is 6.47. The summed E-state index contributed by atoms with van der Waals surface area (Å²) in [5, 5.41) is 0. The molecule has 0 spiro atoms. The molecule has 0 heterocycles. The maximum Gasteiger partial charge on any atom is 0.0109 e. The Morgan fingerprint density at radius 3 is 2.36 bits per heavy atom. The summed E-state index contributed by atoms with van der Waals surface area (Å²) in [5.74, 6) is 1.03. The molecule has 84 valence electrons. The van der Waals surface area contributed by atoms with Crippen LogP contribution in [0.25, 0.3) is 0 Å². The molecule has 0 aliphatic heterocycles. The van der Waals surface area contributed by atoms with Crippen LogP contribution in [0.4, 0.5) is 0 Å². The lowest BCUT2D eigenvalue weighted by molar-refractivity contribution is 0.229. The van der Waals surface area contributed by atoms with Gasteiger partial charge in [-0.25, -0.2) is 0 Å². The van der Waals surface area contributed by atoms with E-state index in [9.17, 15) is 0 Å². The molecular weight excluding hydrogens is 172 g/mol. The quantitative estimate of drug-likeness (QED) is 0.709. The predicted octanol–water partition coefficient (Wildman–Crippen LogP) is 2.24. The number of rotatable bonds is 6. The molecule has 1 aliphatic carbocycles. The van der Waals surface area contributed by atoms with Gasteiger partial charge in [-0.2, -0.15) is 0 Å². The fourth-order valence-electron chi connectivity index (χ4n) is 1.78. The van der Waals surface area contributed by atoms with Gasteiger partial charge in [-0.1, -0.05) is 19.3 Å². The summed E-state index contributed by atoms with van der Waals surface area (Å²) >= 11 is 0. The molecule has 1 saturated carbocycles. The fourth-order valence-corrected chi connectivity index (χ4v) is 1.78. The maximum atomic E-state index is 5.95. The van der Waals surface area contributed by atoms with E-state index >= 15 is 0 Å². The second-order valence-electron chi connectivity index (χ2n) is 5.63. The van der Waals surface area contributed by atoms with Crippen LogP contribution >= 0.6 is 0 Å². The number of nitrogens with two attached hydrogens (primary N) is 1. The van der Waals surface area contributed by atoms with Gasteiger partial charge in [-0.05, 0) is 52.7 Å². The first-order valence-electron chi connectivity index (χ1n) is 5.95. The van der Waals surface area contributed by atoms with Gasteiger partial charge in [0.15, 0.2) is 0 Å². The van der Waals surface area contributed by atoms with E-state index in [1.807, 2.05) is 0 Å². The Morgan fingerprint density at radius 1 is 1.29 bits per heavy atom. The molecule has 2 nitrogen and oxygen atoms in total. The Labute approximate surface area is 88.8 Å². The zero-order chi connectivity index (χ0) is 10.6. The standard InChI is InChI=1S/C12H26N2/c1-12(2,13)8-10-14(3)9-7-11-5-4-6-11/h11H,4-10,13H2,1-3H3. The molecule has 2 heteroatoms. The molecule has 1 rings (SSSR count). The van der Waals surface area contributed by atoms with Crippen molar-refractivity contribution in [1.82, 2.24) is 4.90 Å². The van der Waals surface area contributed by atoms with Crippen LogP contribution in [0.5, 0.6) is 0 Å². The molecule has 0 radical (unpaired) electrons. The molecule has 0 atom stereocenters. The van der Waals surface area contributed by atoms with Crippen LogP contribution in [0.2, 0.25) is 0 Å². The average Bonchev–Trinajstić information content (AvgIpc) is 1.96. The molecule has 0 unspecified atom stereocenters. The highest BCUT2D eigenvalue weighted by Gasteiger charge is 2.18. The Bertz CT molecular complexity index is 156. The van der Waals surface area contributed by atoms with Crippen molar-refractivity contribution in [2.24, 2.45) is 11.7 Å². The normalized spacial score (nSPS) is 18.6. The molecule has 1 aliphatic rings. The molecular formula is C12H26N2. The smallest absolute Gasteiger partial charge is 0.0109 e. The van der Waals surface area contributed by atoms with E-state index in [1.165, 1.54) is 32.2 Å². The predicted molar refractivity (Wildman–Crippen MR) is 62.3 cm³/mol. The minimum Gasteiger partial charge on any atom is -0.326 e. The lowest BCUT2D eigenvalue weighted by Crippen LogP contribution is -2.37.